The van der Waals surface area contributed by atoms with Gasteiger partial charge in [-0.3, -0.25) is 4.79 Å². The summed E-state index contributed by atoms with van der Waals surface area (Å²) in [5.74, 6) is -0.451. The van der Waals surface area contributed by atoms with Crippen LogP contribution in [0, 0.1) is 5.92 Å². The molecule has 1 N–H and O–H groups in total. The summed E-state index contributed by atoms with van der Waals surface area (Å²) in [6.07, 6.45) is 3.61. The van der Waals surface area contributed by atoms with Gasteiger partial charge < -0.3 is 10.1 Å². The first kappa shape index (κ1) is 18.2. The molecule has 1 amide bonds. The molecule has 120 valence electrons. The monoisotopic (exact) mass is 323 g/mol. The third-order valence-corrected chi connectivity index (χ3v) is 3.14. The molecule has 0 heterocycles. The fourth-order valence-electron chi connectivity index (χ4n) is 1.89. The van der Waals surface area contributed by atoms with Gasteiger partial charge in [0, 0.05) is 11.1 Å². The van der Waals surface area contributed by atoms with Crippen molar-refractivity contribution in [2.75, 3.05) is 6.61 Å². The molecular formula is C17H22ClNO3. The van der Waals surface area contributed by atoms with Crippen molar-refractivity contribution in [3.8, 4) is 0 Å². The van der Waals surface area contributed by atoms with Gasteiger partial charge in [0.1, 0.15) is 6.04 Å². The van der Waals surface area contributed by atoms with Gasteiger partial charge >= 0.3 is 5.97 Å². The van der Waals surface area contributed by atoms with Crippen molar-refractivity contribution < 1.29 is 14.3 Å². The van der Waals surface area contributed by atoms with Crippen molar-refractivity contribution in [1.82, 2.24) is 5.32 Å². The number of carbonyl (C=O) groups is 2. The third-order valence-electron chi connectivity index (χ3n) is 2.89. The Kier molecular flexibility index (Phi) is 7.67. The number of nitrogens with one attached hydrogen (secondary N) is 1. The molecule has 1 aromatic rings. The maximum atomic E-state index is 12.0. The first-order valence-corrected chi connectivity index (χ1v) is 7.71. The maximum Gasteiger partial charge on any atom is 0.328 e. The van der Waals surface area contributed by atoms with Crippen LogP contribution in [-0.2, 0) is 14.3 Å². The summed E-state index contributed by atoms with van der Waals surface area (Å²) < 4.78 is 4.99. The van der Waals surface area contributed by atoms with E-state index < -0.39 is 12.0 Å². The number of hydrogen-bond acceptors (Lipinski definition) is 3. The lowest BCUT2D eigenvalue weighted by Crippen LogP contribution is -2.42. The van der Waals surface area contributed by atoms with E-state index in [1.807, 2.05) is 26.0 Å². The molecule has 0 spiro atoms. The second-order valence-electron chi connectivity index (χ2n) is 5.33. The molecule has 1 atom stereocenters. The SMILES string of the molecule is CCOC(=O)[C@H](CC(C)C)NC(=O)/C=C/c1ccc(Cl)cc1. The molecule has 0 unspecified atom stereocenters. The minimum atomic E-state index is -0.623. The summed E-state index contributed by atoms with van der Waals surface area (Å²) in [7, 11) is 0. The zero-order chi connectivity index (χ0) is 16.5. The van der Waals surface area contributed by atoms with Crippen LogP contribution in [-0.4, -0.2) is 24.5 Å². The van der Waals surface area contributed by atoms with Crippen LogP contribution >= 0.6 is 11.6 Å². The molecule has 0 saturated carbocycles. The van der Waals surface area contributed by atoms with Crippen molar-refractivity contribution in [3.05, 3.63) is 40.9 Å². The van der Waals surface area contributed by atoms with E-state index in [4.69, 9.17) is 16.3 Å². The fourth-order valence-corrected chi connectivity index (χ4v) is 2.02. The van der Waals surface area contributed by atoms with Crippen LogP contribution in [0.5, 0.6) is 0 Å². The van der Waals surface area contributed by atoms with Gasteiger partial charge in [0.25, 0.3) is 0 Å². The first-order chi connectivity index (χ1) is 10.4. The minimum absolute atomic E-state index is 0.273. The number of esters is 1. The molecule has 0 aliphatic heterocycles. The van der Waals surface area contributed by atoms with Crippen molar-refractivity contribution in [2.45, 2.75) is 33.2 Å². The summed E-state index contributed by atoms with van der Waals surface area (Å²) >= 11 is 5.80. The van der Waals surface area contributed by atoms with Gasteiger partial charge in [-0.15, -0.1) is 0 Å². The van der Waals surface area contributed by atoms with Gasteiger partial charge in [0.2, 0.25) is 5.91 Å². The number of rotatable bonds is 7. The smallest absolute Gasteiger partial charge is 0.328 e. The summed E-state index contributed by atoms with van der Waals surface area (Å²) in [6.45, 7) is 6.01. The van der Waals surface area contributed by atoms with E-state index in [0.29, 0.717) is 18.1 Å². The number of ether oxygens (including phenoxy) is 1. The molecule has 1 aromatic carbocycles. The van der Waals surface area contributed by atoms with Crippen LogP contribution < -0.4 is 5.32 Å². The third kappa shape index (κ3) is 6.76. The predicted octanol–water partition coefficient (Wildman–Crippen LogP) is 3.45. The zero-order valence-electron chi connectivity index (χ0n) is 13.1. The van der Waals surface area contributed by atoms with Gasteiger partial charge in [-0.05, 0) is 43.0 Å². The van der Waals surface area contributed by atoms with Gasteiger partial charge in [0.15, 0.2) is 0 Å². The number of benzene rings is 1. The van der Waals surface area contributed by atoms with Crippen LogP contribution in [0.15, 0.2) is 30.3 Å². The Morgan fingerprint density at radius 1 is 1.27 bits per heavy atom. The van der Waals surface area contributed by atoms with Crippen LogP contribution in [0.25, 0.3) is 6.08 Å². The Balaban J connectivity index is 2.65. The Labute approximate surface area is 136 Å². The lowest BCUT2D eigenvalue weighted by molar-refractivity contribution is -0.147. The average molecular weight is 324 g/mol. The molecule has 0 aliphatic carbocycles. The van der Waals surface area contributed by atoms with Crippen molar-refractivity contribution in [3.63, 3.8) is 0 Å². The lowest BCUT2D eigenvalue weighted by atomic mass is 10.0. The van der Waals surface area contributed by atoms with Crippen LogP contribution in [0.4, 0.5) is 0 Å². The Morgan fingerprint density at radius 2 is 1.91 bits per heavy atom. The van der Waals surface area contributed by atoms with Gasteiger partial charge in [-0.25, -0.2) is 4.79 Å². The Bertz CT molecular complexity index is 523. The average Bonchev–Trinajstić information content (AvgIpc) is 2.46. The normalized spacial score (nSPS) is 12.4. The van der Waals surface area contributed by atoms with E-state index in [1.54, 1.807) is 25.1 Å². The van der Waals surface area contributed by atoms with E-state index in [2.05, 4.69) is 5.32 Å². The standard InChI is InChI=1S/C17H22ClNO3/c1-4-22-17(21)15(11-12(2)3)19-16(20)10-7-13-5-8-14(18)9-6-13/h5-10,12,15H,4,11H2,1-3H3,(H,19,20)/b10-7+/t15-/m0/s1. The highest BCUT2D eigenvalue weighted by Gasteiger charge is 2.22. The summed E-state index contributed by atoms with van der Waals surface area (Å²) in [6, 6.07) is 6.49. The molecule has 0 radical (unpaired) electrons. The molecule has 4 nitrogen and oxygen atoms in total. The first-order valence-electron chi connectivity index (χ1n) is 7.33. The fraction of sp³-hybridized carbons (Fsp3) is 0.412. The van der Waals surface area contributed by atoms with Crippen LogP contribution in [0.2, 0.25) is 5.02 Å². The Morgan fingerprint density at radius 3 is 2.45 bits per heavy atom. The van der Waals surface area contributed by atoms with E-state index in [-0.39, 0.29) is 11.8 Å². The second kappa shape index (κ2) is 9.26. The number of hydrogen-bond donors (Lipinski definition) is 1. The van der Waals surface area contributed by atoms with Gasteiger partial charge in [0.05, 0.1) is 6.61 Å². The van der Waals surface area contributed by atoms with Crippen LogP contribution in [0.1, 0.15) is 32.8 Å². The van der Waals surface area contributed by atoms with Gasteiger partial charge in [-0.1, -0.05) is 37.6 Å². The highest BCUT2D eigenvalue weighted by Crippen LogP contribution is 2.11. The molecule has 22 heavy (non-hydrogen) atoms. The maximum absolute atomic E-state index is 12.0. The largest absolute Gasteiger partial charge is 0.464 e. The summed E-state index contributed by atoms with van der Waals surface area (Å²) in [4.78, 5) is 23.8. The quantitative estimate of drug-likeness (QED) is 0.617. The van der Waals surface area contributed by atoms with Crippen LogP contribution in [0.3, 0.4) is 0 Å². The molecule has 0 aliphatic rings. The van der Waals surface area contributed by atoms with E-state index in [9.17, 15) is 9.59 Å². The van der Waals surface area contributed by atoms with Crippen molar-refractivity contribution in [2.24, 2.45) is 5.92 Å². The second-order valence-corrected chi connectivity index (χ2v) is 5.76. The molecular weight excluding hydrogens is 302 g/mol. The van der Waals surface area contributed by atoms with E-state index in [1.165, 1.54) is 6.08 Å². The molecule has 1 rings (SSSR count). The van der Waals surface area contributed by atoms with E-state index >= 15 is 0 Å². The highest BCUT2D eigenvalue weighted by atomic mass is 35.5. The number of amides is 1. The zero-order valence-corrected chi connectivity index (χ0v) is 13.9. The lowest BCUT2D eigenvalue weighted by Gasteiger charge is -2.18. The van der Waals surface area contributed by atoms with E-state index in [0.717, 1.165) is 5.56 Å². The van der Waals surface area contributed by atoms with Gasteiger partial charge in [-0.2, -0.15) is 0 Å². The molecule has 0 fully saturated rings. The number of carbonyl (C=O) groups excluding carboxylic acids is 2. The molecule has 5 heteroatoms. The number of halogens is 1. The Hall–Kier alpha value is -1.81. The van der Waals surface area contributed by atoms with Crippen molar-refractivity contribution in [1.29, 1.82) is 0 Å². The molecule has 0 aromatic heterocycles. The summed E-state index contributed by atoms with van der Waals surface area (Å²) in [5, 5.41) is 3.33. The minimum Gasteiger partial charge on any atom is -0.464 e. The highest BCUT2D eigenvalue weighted by molar-refractivity contribution is 6.30. The summed E-state index contributed by atoms with van der Waals surface area (Å²) in [5.41, 5.74) is 0.857. The topological polar surface area (TPSA) is 55.4 Å². The molecule has 0 saturated heterocycles. The predicted molar refractivity (Wildman–Crippen MR) is 88.5 cm³/mol. The molecule has 0 bridgehead atoms. The van der Waals surface area contributed by atoms with Crippen molar-refractivity contribution >= 4 is 29.6 Å².